The van der Waals surface area contributed by atoms with Gasteiger partial charge in [0.2, 0.25) is 0 Å². The first kappa shape index (κ1) is 15.6. The van der Waals surface area contributed by atoms with E-state index in [4.69, 9.17) is 29.6 Å². The zero-order valence-corrected chi connectivity index (χ0v) is 13.9. The molecule has 0 atom stereocenters. The fraction of sp³-hybridized carbons (Fsp3) is 0.562. The van der Waals surface area contributed by atoms with Crippen LogP contribution in [0.3, 0.4) is 0 Å². The molecule has 1 aromatic rings. The van der Waals surface area contributed by atoms with Crippen molar-refractivity contribution in [3.05, 3.63) is 28.8 Å². The molecule has 1 fully saturated rings. The van der Waals surface area contributed by atoms with Crippen molar-refractivity contribution < 1.29 is 0 Å². The van der Waals surface area contributed by atoms with Crippen molar-refractivity contribution in [1.29, 1.82) is 0 Å². The van der Waals surface area contributed by atoms with Crippen LogP contribution < -0.4 is 10.6 Å². The highest BCUT2D eigenvalue weighted by molar-refractivity contribution is 7.80. The number of halogens is 1. The maximum Gasteiger partial charge on any atom is 0.106 e. The minimum absolute atomic E-state index is 0.444. The van der Waals surface area contributed by atoms with Gasteiger partial charge in [0.25, 0.3) is 0 Å². The first-order chi connectivity index (χ1) is 9.51. The molecule has 0 spiro atoms. The van der Waals surface area contributed by atoms with Crippen LogP contribution in [0.25, 0.3) is 0 Å². The third-order valence-corrected chi connectivity index (χ3v) is 5.35. The van der Waals surface area contributed by atoms with Gasteiger partial charge in [0, 0.05) is 29.4 Å². The van der Waals surface area contributed by atoms with E-state index in [2.05, 4.69) is 18.7 Å². The Balaban J connectivity index is 2.22. The van der Waals surface area contributed by atoms with E-state index in [0.29, 0.717) is 10.4 Å². The summed E-state index contributed by atoms with van der Waals surface area (Å²) in [5, 5.41) is 0.739. The zero-order chi connectivity index (χ0) is 14.8. The standard InChI is InChI=1S/C16H23ClN2S/c1-3-16(4-2)7-9-19(10-8-16)14-11-12(17)5-6-13(14)15(18)20/h5-6,11H,3-4,7-10H2,1-2H3,(H2,18,20). The normalized spacial score (nSPS) is 18.1. The predicted octanol–water partition coefficient (Wildman–Crippen LogP) is 4.38. The van der Waals surface area contributed by atoms with Crippen LogP contribution in [0.2, 0.25) is 5.02 Å². The van der Waals surface area contributed by atoms with E-state index >= 15 is 0 Å². The average Bonchev–Trinajstić information content (AvgIpc) is 2.47. The van der Waals surface area contributed by atoms with E-state index in [1.54, 1.807) is 0 Å². The van der Waals surface area contributed by atoms with Crippen LogP contribution in [0.1, 0.15) is 45.1 Å². The van der Waals surface area contributed by atoms with E-state index in [9.17, 15) is 0 Å². The minimum Gasteiger partial charge on any atom is -0.389 e. The lowest BCUT2D eigenvalue weighted by Crippen LogP contribution is -2.40. The van der Waals surface area contributed by atoms with E-state index in [-0.39, 0.29) is 0 Å². The van der Waals surface area contributed by atoms with E-state index in [1.807, 2.05) is 18.2 Å². The third-order valence-electron chi connectivity index (χ3n) is 4.89. The van der Waals surface area contributed by atoms with Gasteiger partial charge in [0.1, 0.15) is 4.99 Å². The van der Waals surface area contributed by atoms with Crippen molar-refractivity contribution in [2.75, 3.05) is 18.0 Å². The van der Waals surface area contributed by atoms with Crippen molar-refractivity contribution in [1.82, 2.24) is 0 Å². The Labute approximate surface area is 132 Å². The lowest BCUT2D eigenvalue weighted by molar-refractivity contribution is 0.199. The van der Waals surface area contributed by atoms with Gasteiger partial charge in [-0.1, -0.05) is 50.5 Å². The highest BCUT2D eigenvalue weighted by Crippen LogP contribution is 2.40. The molecule has 1 aromatic carbocycles. The van der Waals surface area contributed by atoms with Gasteiger partial charge in [0.15, 0.2) is 0 Å². The van der Waals surface area contributed by atoms with Crippen molar-refractivity contribution in [2.24, 2.45) is 11.1 Å². The molecule has 1 saturated heterocycles. The second-order valence-electron chi connectivity index (χ2n) is 5.72. The number of hydrogen-bond acceptors (Lipinski definition) is 2. The molecular weight excluding hydrogens is 288 g/mol. The second-order valence-corrected chi connectivity index (χ2v) is 6.60. The number of hydrogen-bond donors (Lipinski definition) is 1. The van der Waals surface area contributed by atoms with Gasteiger partial charge in [-0.2, -0.15) is 0 Å². The molecule has 0 saturated carbocycles. The summed E-state index contributed by atoms with van der Waals surface area (Å²) >= 11 is 11.3. The molecule has 2 nitrogen and oxygen atoms in total. The number of benzene rings is 1. The van der Waals surface area contributed by atoms with Gasteiger partial charge in [-0.15, -0.1) is 0 Å². The molecule has 4 heteroatoms. The molecule has 0 bridgehead atoms. The summed E-state index contributed by atoms with van der Waals surface area (Å²) in [6.45, 7) is 6.72. The first-order valence-corrected chi connectivity index (χ1v) is 8.14. The lowest BCUT2D eigenvalue weighted by atomic mass is 9.74. The number of anilines is 1. The highest BCUT2D eigenvalue weighted by Gasteiger charge is 2.31. The summed E-state index contributed by atoms with van der Waals surface area (Å²) in [5.74, 6) is 0. The second kappa shape index (κ2) is 6.31. The highest BCUT2D eigenvalue weighted by atomic mass is 35.5. The summed E-state index contributed by atoms with van der Waals surface area (Å²) < 4.78 is 0. The smallest absolute Gasteiger partial charge is 0.106 e. The summed E-state index contributed by atoms with van der Waals surface area (Å²) in [6, 6.07) is 5.77. The quantitative estimate of drug-likeness (QED) is 0.837. The molecule has 2 rings (SSSR count). The fourth-order valence-electron chi connectivity index (χ4n) is 3.15. The number of rotatable bonds is 4. The number of nitrogens with two attached hydrogens (primary N) is 1. The summed E-state index contributed by atoms with van der Waals surface area (Å²) in [5.41, 5.74) is 8.37. The number of thiocarbonyl (C=S) groups is 1. The van der Waals surface area contributed by atoms with Crippen molar-refractivity contribution in [2.45, 2.75) is 39.5 Å². The largest absolute Gasteiger partial charge is 0.389 e. The predicted molar refractivity (Wildman–Crippen MR) is 91.8 cm³/mol. The first-order valence-electron chi connectivity index (χ1n) is 7.35. The lowest BCUT2D eigenvalue weighted by Gasteiger charge is -2.42. The van der Waals surface area contributed by atoms with Crippen molar-refractivity contribution in [3.8, 4) is 0 Å². The van der Waals surface area contributed by atoms with Crippen LogP contribution >= 0.6 is 23.8 Å². The van der Waals surface area contributed by atoms with Gasteiger partial charge < -0.3 is 10.6 Å². The summed E-state index contributed by atoms with van der Waals surface area (Å²) in [7, 11) is 0. The molecule has 1 heterocycles. The van der Waals surface area contributed by atoms with E-state index < -0.39 is 0 Å². The molecule has 1 aliphatic heterocycles. The Morgan fingerprint density at radius 2 is 1.90 bits per heavy atom. The van der Waals surface area contributed by atoms with Crippen LogP contribution in [0.4, 0.5) is 5.69 Å². The molecule has 20 heavy (non-hydrogen) atoms. The van der Waals surface area contributed by atoms with Gasteiger partial charge in [-0.25, -0.2) is 0 Å². The molecule has 2 N–H and O–H groups in total. The maximum atomic E-state index is 6.14. The van der Waals surface area contributed by atoms with Crippen LogP contribution in [0.15, 0.2) is 18.2 Å². The molecule has 0 radical (unpaired) electrons. The fourth-order valence-corrected chi connectivity index (χ4v) is 3.49. The van der Waals surface area contributed by atoms with E-state index in [1.165, 1.54) is 25.7 Å². The Hall–Kier alpha value is -0.800. The molecule has 110 valence electrons. The van der Waals surface area contributed by atoms with E-state index in [0.717, 1.165) is 29.4 Å². The third kappa shape index (κ3) is 3.09. The van der Waals surface area contributed by atoms with Gasteiger partial charge >= 0.3 is 0 Å². The topological polar surface area (TPSA) is 29.3 Å². The number of piperidine rings is 1. The van der Waals surface area contributed by atoms with Crippen molar-refractivity contribution in [3.63, 3.8) is 0 Å². The SMILES string of the molecule is CCC1(CC)CCN(c2cc(Cl)ccc2C(N)=S)CC1. The van der Waals surface area contributed by atoms with Crippen LogP contribution in [-0.2, 0) is 0 Å². The average molecular weight is 311 g/mol. The van der Waals surface area contributed by atoms with Gasteiger partial charge in [-0.3, -0.25) is 0 Å². The van der Waals surface area contributed by atoms with Crippen LogP contribution in [0, 0.1) is 5.41 Å². The Morgan fingerprint density at radius 3 is 2.40 bits per heavy atom. The number of nitrogens with zero attached hydrogens (tertiary/aromatic N) is 1. The monoisotopic (exact) mass is 310 g/mol. The minimum atomic E-state index is 0.444. The molecule has 0 unspecified atom stereocenters. The Morgan fingerprint density at radius 1 is 1.30 bits per heavy atom. The maximum absolute atomic E-state index is 6.14. The van der Waals surface area contributed by atoms with Crippen LogP contribution in [-0.4, -0.2) is 18.1 Å². The summed E-state index contributed by atoms with van der Waals surface area (Å²) in [4.78, 5) is 2.82. The van der Waals surface area contributed by atoms with Gasteiger partial charge in [-0.05, 0) is 36.5 Å². The Bertz CT molecular complexity index is 487. The molecule has 0 amide bonds. The molecule has 0 aromatic heterocycles. The Kier molecular flexibility index (Phi) is 4.92. The van der Waals surface area contributed by atoms with Gasteiger partial charge in [0.05, 0.1) is 0 Å². The summed E-state index contributed by atoms with van der Waals surface area (Å²) in [6.07, 6.45) is 4.97. The van der Waals surface area contributed by atoms with Crippen molar-refractivity contribution >= 4 is 34.5 Å². The molecular formula is C16H23ClN2S. The molecule has 1 aliphatic rings. The van der Waals surface area contributed by atoms with Crippen LogP contribution in [0.5, 0.6) is 0 Å². The molecule has 0 aliphatic carbocycles. The zero-order valence-electron chi connectivity index (χ0n) is 12.3.